The smallest absolute Gasteiger partial charge is 0.303 e. The second-order valence-corrected chi connectivity index (χ2v) is 7.26. The third kappa shape index (κ3) is 5.19. The largest absolute Gasteiger partial charge is 0.481 e. The van der Waals surface area contributed by atoms with Gasteiger partial charge in [0.2, 0.25) is 5.91 Å². The van der Waals surface area contributed by atoms with Crippen LogP contribution in [0.5, 0.6) is 0 Å². The van der Waals surface area contributed by atoms with E-state index < -0.39 is 5.97 Å². The molecule has 0 bridgehead atoms. The Morgan fingerprint density at radius 1 is 1.07 bits per heavy atom. The number of nitrogens with one attached hydrogen (secondary N) is 2. The summed E-state index contributed by atoms with van der Waals surface area (Å²) < 4.78 is 0. The topological polar surface area (TPSA) is 95.5 Å². The predicted molar refractivity (Wildman–Crippen MR) is 106 cm³/mol. The van der Waals surface area contributed by atoms with Gasteiger partial charge in [0, 0.05) is 23.6 Å². The first-order chi connectivity index (χ1) is 13.4. The van der Waals surface area contributed by atoms with Crippen molar-refractivity contribution >= 4 is 23.5 Å². The van der Waals surface area contributed by atoms with Gasteiger partial charge in [-0.05, 0) is 48.6 Å². The number of rotatable bonds is 8. The summed E-state index contributed by atoms with van der Waals surface area (Å²) in [6.07, 6.45) is 1.19. The third-order valence-electron chi connectivity index (χ3n) is 5.02. The monoisotopic (exact) mass is 380 g/mol. The van der Waals surface area contributed by atoms with E-state index in [1.807, 2.05) is 37.3 Å². The Morgan fingerprint density at radius 2 is 1.71 bits per heavy atom. The van der Waals surface area contributed by atoms with Gasteiger partial charge in [-0.2, -0.15) is 0 Å². The van der Waals surface area contributed by atoms with Crippen molar-refractivity contribution in [1.82, 2.24) is 5.32 Å². The van der Waals surface area contributed by atoms with Crippen LogP contribution in [-0.4, -0.2) is 22.9 Å². The van der Waals surface area contributed by atoms with E-state index >= 15 is 0 Å². The van der Waals surface area contributed by atoms with Crippen molar-refractivity contribution in [1.29, 1.82) is 0 Å². The summed E-state index contributed by atoms with van der Waals surface area (Å²) in [7, 11) is 0. The highest BCUT2D eigenvalue weighted by Gasteiger charge is 2.39. The number of carbonyl (C=O) groups excluding carboxylic acids is 2. The van der Waals surface area contributed by atoms with Gasteiger partial charge in [0.05, 0.1) is 6.04 Å². The average molecular weight is 380 g/mol. The fourth-order valence-corrected chi connectivity index (χ4v) is 3.14. The fraction of sp³-hybridized carbons (Fsp3) is 0.318. The van der Waals surface area contributed by atoms with Gasteiger partial charge in [0.25, 0.3) is 5.91 Å². The summed E-state index contributed by atoms with van der Waals surface area (Å²) >= 11 is 0. The first-order valence-corrected chi connectivity index (χ1v) is 9.42. The zero-order valence-electron chi connectivity index (χ0n) is 15.7. The van der Waals surface area contributed by atoms with E-state index in [-0.39, 0.29) is 30.2 Å². The van der Waals surface area contributed by atoms with E-state index in [2.05, 4.69) is 10.6 Å². The van der Waals surface area contributed by atoms with Gasteiger partial charge in [-0.1, -0.05) is 37.3 Å². The Hall–Kier alpha value is -3.15. The quantitative estimate of drug-likeness (QED) is 0.652. The number of hydrogen-bond acceptors (Lipinski definition) is 3. The molecule has 3 rings (SSSR count). The minimum Gasteiger partial charge on any atom is -0.481 e. The Labute approximate surface area is 164 Å². The van der Waals surface area contributed by atoms with Crippen molar-refractivity contribution in [2.45, 2.75) is 32.2 Å². The lowest BCUT2D eigenvalue weighted by atomic mass is 10.0. The first kappa shape index (κ1) is 19.6. The maximum atomic E-state index is 12.6. The van der Waals surface area contributed by atoms with Crippen LogP contribution in [0, 0.1) is 11.8 Å². The molecule has 2 aromatic rings. The van der Waals surface area contributed by atoms with E-state index in [1.54, 1.807) is 24.3 Å². The summed E-state index contributed by atoms with van der Waals surface area (Å²) in [5, 5.41) is 14.7. The van der Waals surface area contributed by atoms with Crippen LogP contribution in [0.25, 0.3) is 0 Å². The van der Waals surface area contributed by atoms with Gasteiger partial charge in [-0.25, -0.2) is 0 Å². The summed E-state index contributed by atoms with van der Waals surface area (Å²) in [6, 6.07) is 15.6. The Balaban J connectivity index is 1.64. The summed E-state index contributed by atoms with van der Waals surface area (Å²) in [5.74, 6) is -0.648. The number of anilines is 1. The molecule has 1 fully saturated rings. The summed E-state index contributed by atoms with van der Waals surface area (Å²) in [5.41, 5.74) is 1.97. The zero-order chi connectivity index (χ0) is 20.1. The molecule has 0 saturated heterocycles. The van der Waals surface area contributed by atoms with Crippen molar-refractivity contribution < 1.29 is 19.5 Å². The third-order valence-corrected chi connectivity index (χ3v) is 5.02. The Morgan fingerprint density at radius 3 is 2.29 bits per heavy atom. The highest BCUT2D eigenvalue weighted by molar-refractivity contribution is 5.97. The van der Waals surface area contributed by atoms with Gasteiger partial charge in [-0.3, -0.25) is 14.4 Å². The molecule has 146 valence electrons. The van der Waals surface area contributed by atoms with Crippen molar-refractivity contribution in [3.05, 3.63) is 65.7 Å². The number of benzene rings is 2. The average Bonchev–Trinajstić information content (AvgIpc) is 3.43. The number of hydrogen-bond donors (Lipinski definition) is 3. The molecule has 28 heavy (non-hydrogen) atoms. The minimum atomic E-state index is -0.903. The first-order valence-electron chi connectivity index (χ1n) is 9.42. The van der Waals surface area contributed by atoms with E-state index in [1.165, 1.54) is 0 Å². The minimum absolute atomic E-state index is 0.0162. The van der Waals surface area contributed by atoms with Gasteiger partial charge in [0.1, 0.15) is 0 Å². The molecule has 3 unspecified atom stereocenters. The number of aliphatic carboxylic acids is 1. The van der Waals surface area contributed by atoms with Crippen molar-refractivity contribution in [3.8, 4) is 0 Å². The van der Waals surface area contributed by atoms with Crippen molar-refractivity contribution in [3.63, 3.8) is 0 Å². The lowest BCUT2D eigenvalue weighted by Crippen LogP contribution is -2.29. The standard InChI is InChI=1S/C22H24N2O4/c1-14-13-18(14)22(28)23-17-9-7-16(8-10-17)21(27)24-19(11-12-20(25)26)15-5-3-2-4-6-15/h2-10,14,18-19H,11-13H2,1H3,(H,23,28)(H,24,27)(H,25,26). The van der Waals surface area contributed by atoms with Crippen LogP contribution in [-0.2, 0) is 9.59 Å². The molecule has 6 nitrogen and oxygen atoms in total. The number of carboxylic acid groups (broad SMARTS) is 1. The molecule has 1 saturated carbocycles. The maximum absolute atomic E-state index is 12.6. The molecule has 0 heterocycles. The predicted octanol–water partition coefficient (Wildman–Crippen LogP) is 3.62. The van der Waals surface area contributed by atoms with E-state index in [0.717, 1.165) is 12.0 Å². The van der Waals surface area contributed by atoms with E-state index in [4.69, 9.17) is 5.11 Å². The van der Waals surface area contributed by atoms with Gasteiger partial charge in [0.15, 0.2) is 0 Å². The molecule has 0 spiro atoms. The Kier molecular flexibility index (Phi) is 6.09. The molecule has 0 aliphatic heterocycles. The van der Waals surface area contributed by atoms with E-state index in [9.17, 15) is 14.4 Å². The van der Waals surface area contributed by atoms with Crippen LogP contribution in [0.1, 0.15) is 48.1 Å². The highest BCUT2D eigenvalue weighted by Crippen LogP contribution is 2.38. The van der Waals surface area contributed by atoms with Gasteiger partial charge < -0.3 is 15.7 Å². The van der Waals surface area contributed by atoms with Crippen LogP contribution in [0.15, 0.2) is 54.6 Å². The molecule has 0 aromatic heterocycles. The van der Waals surface area contributed by atoms with Crippen LogP contribution in [0.2, 0.25) is 0 Å². The molecule has 0 radical (unpaired) electrons. The van der Waals surface area contributed by atoms with Crippen LogP contribution in [0.3, 0.4) is 0 Å². The SMILES string of the molecule is CC1CC1C(=O)Nc1ccc(C(=O)NC(CCC(=O)O)c2ccccc2)cc1. The molecule has 6 heteroatoms. The fourth-order valence-electron chi connectivity index (χ4n) is 3.14. The second-order valence-electron chi connectivity index (χ2n) is 7.26. The molecule has 3 atom stereocenters. The van der Waals surface area contributed by atoms with E-state index in [0.29, 0.717) is 23.6 Å². The van der Waals surface area contributed by atoms with Crippen molar-refractivity contribution in [2.24, 2.45) is 11.8 Å². The van der Waals surface area contributed by atoms with Gasteiger partial charge >= 0.3 is 5.97 Å². The lowest BCUT2D eigenvalue weighted by molar-refractivity contribution is -0.137. The van der Waals surface area contributed by atoms with Crippen LogP contribution in [0.4, 0.5) is 5.69 Å². The number of carbonyl (C=O) groups is 3. The summed E-state index contributed by atoms with van der Waals surface area (Å²) in [4.78, 5) is 35.6. The molecule has 1 aliphatic carbocycles. The number of carboxylic acids is 1. The molecular weight excluding hydrogens is 356 g/mol. The second kappa shape index (κ2) is 8.69. The molecule has 2 amide bonds. The molecular formula is C22H24N2O4. The number of amides is 2. The van der Waals surface area contributed by atoms with Crippen LogP contribution >= 0.6 is 0 Å². The highest BCUT2D eigenvalue weighted by atomic mass is 16.4. The Bertz CT molecular complexity index is 849. The zero-order valence-corrected chi connectivity index (χ0v) is 15.7. The van der Waals surface area contributed by atoms with Crippen molar-refractivity contribution in [2.75, 3.05) is 5.32 Å². The van der Waals surface area contributed by atoms with Crippen LogP contribution < -0.4 is 10.6 Å². The summed E-state index contributed by atoms with van der Waals surface area (Å²) in [6.45, 7) is 2.05. The lowest BCUT2D eigenvalue weighted by Gasteiger charge is -2.19. The normalized spacial score (nSPS) is 18.8. The molecule has 3 N–H and O–H groups in total. The maximum Gasteiger partial charge on any atom is 0.303 e. The molecule has 2 aromatic carbocycles. The molecule has 1 aliphatic rings. The van der Waals surface area contributed by atoms with Gasteiger partial charge in [-0.15, -0.1) is 0 Å².